The van der Waals surface area contributed by atoms with Gasteiger partial charge in [-0.15, -0.1) is 0 Å². The first-order valence-corrected chi connectivity index (χ1v) is 10.5. The van der Waals surface area contributed by atoms with Crippen LogP contribution in [0.25, 0.3) is 11.0 Å². The number of hydrogen-bond donors (Lipinski definition) is 1. The average molecular weight is 428 g/mol. The van der Waals surface area contributed by atoms with Gasteiger partial charge < -0.3 is 5.32 Å². The lowest BCUT2D eigenvalue weighted by Gasteiger charge is -2.19. The van der Waals surface area contributed by atoms with Crippen LogP contribution >= 0.6 is 11.8 Å². The molecule has 0 saturated heterocycles. The summed E-state index contributed by atoms with van der Waals surface area (Å²) >= 11 is 1.17. The van der Waals surface area contributed by atoms with Gasteiger partial charge in [0.05, 0.1) is 5.75 Å². The molecule has 2 aromatic heterocycles. The number of nitrogens with zero attached hydrogens (tertiary/aromatic N) is 4. The Balaban J connectivity index is 1.94. The van der Waals surface area contributed by atoms with E-state index in [0.717, 1.165) is 10.1 Å². The maximum Gasteiger partial charge on any atom is 0.332 e. The summed E-state index contributed by atoms with van der Waals surface area (Å²) in [6.45, 7) is 6.28. The van der Waals surface area contributed by atoms with Crippen LogP contribution in [-0.4, -0.2) is 30.8 Å². The Labute approximate surface area is 178 Å². The van der Waals surface area contributed by atoms with Gasteiger partial charge >= 0.3 is 5.69 Å². The number of carbonyl (C=O) groups excluding carboxylic acids is 1. The summed E-state index contributed by atoms with van der Waals surface area (Å²) in [5.41, 5.74) is -0.0447. The number of amides is 1. The second-order valence-corrected chi connectivity index (χ2v) is 9.02. The van der Waals surface area contributed by atoms with Gasteiger partial charge in [0.25, 0.3) is 5.56 Å². The third-order valence-corrected chi connectivity index (χ3v) is 5.59. The van der Waals surface area contributed by atoms with Gasteiger partial charge in [-0.1, -0.05) is 62.9 Å². The second-order valence-electron chi connectivity index (χ2n) is 8.06. The molecule has 8 nitrogen and oxygen atoms in total. The largest absolute Gasteiger partial charge is 0.351 e. The lowest BCUT2D eigenvalue weighted by molar-refractivity contribution is -0.118. The third-order valence-electron chi connectivity index (χ3n) is 4.61. The first-order valence-electron chi connectivity index (χ1n) is 9.51. The summed E-state index contributed by atoms with van der Waals surface area (Å²) in [4.78, 5) is 46.6. The Morgan fingerprint density at radius 2 is 1.73 bits per heavy atom. The van der Waals surface area contributed by atoms with Gasteiger partial charge in [0.2, 0.25) is 5.91 Å². The smallest absolute Gasteiger partial charge is 0.332 e. The van der Waals surface area contributed by atoms with E-state index in [1.54, 1.807) is 7.05 Å². The van der Waals surface area contributed by atoms with Crippen molar-refractivity contribution < 1.29 is 4.79 Å². The lowest BCUT2D eigenvalue weighted by Crippen LogP contribution is -2.38. The van der Waals surface area contributed by atoms with Crippen molar-refractivity contribution in [3.63, 3.8) is 0 Å². The summed E-state index contributed by atoms with van der Waals surface area (Å²) in [5.74, 6) is 0.425. The summed E-state index contributed by atoms with van der Waals surface area (Å²) < 4.78 is 2.37. The first-order chi connectivity index (χ1) is 14.1. The predicted octanol–water partition coefficient (Wildman–Crippen LogP) is 1.73. The van der Waals surface area contributed by atoms with E-state index in [1.807, 2.05) is 51.1 Å². The minimum absolute atomic E-state index is 0.0918. The van der Waals surface area contributed by atoms with Crippen molar-refractivity contribution in [2.45, 2.75) is 37.8 Å². The molecule has 0 radical (unpaired) electrons. The molecule has 158 valence electrons. The van der Waals surface area contributed by atoms with E-state index in [4.69, 9.17) is 0 Å². The fourth-order valence-corrected chi connectivity index (χ4v) is 3.69. The Morgan fingerprint density at radius 1 is 1.07 bits per heavy atom. The molecule has 0 fully saturated rings. The highest BCUT2D eigenvalue weighted by atomic mass is 32.2. The number of aromatic nitrogens is 4. The molecule has 3 aromatic rings. The van der Waals surface area contributed by atoms with Crippen molar-refractivity contribution in [1.82, 2.24) is 24.4 Å². The minimum Gasteiger partial charge on any atom is -0.351 e. The molecule has 30 heavy (non-hydrogen) atoms. The number of thioether (sulfide) groups is 1. The number of nitrogens with one attached hydrogen (secondary N) is 1. The monoisotopic (exact) mass is 427 g/mol. The molecule has 0 unspecified atom stereocenters. The molecule has 0 saturated carbocycles. The van der Waals surface area contributed by atoms with Crippen molar-refractivity contribution >= 4 is 28.7 Å². The topological polar surface area (TPSA) is 98.9 Å². The Bertz CT molecular complexity index is 1210. The van der Waals surface area contributed by atoms with Crippen LogP contribution < -0.4 is 16.6 Å². The molecule has 2 heterocycles. The highest BCUT2D eigenvalue weighted by molar-refractivity contribution is 8.00. The van der Waals surface area contributed by atoms with Gasteiger partial charge in [-0.3, -0.25) is 18.7 Å². The highest BCUT2D eigenvalue weighted by Gasteiger charge is 2.24. The number of benzene rings is 1. The molecule has 0 bridgehead atoms. The molecule has 9 heteroatoms. The molecule has 0 aliphatic rings. The second kappa shape index (κ2) is 8.43. The van der Waals surface area contributed by atoms with Crippen LogP contribution in [0.1, 0.15) is 32.2 Å². The number of rotatable bonds is 5. The van der Waals surface area contributed by atoms with Crippen molar-refractivity contribution in [2.24, 2.45) is 14.1 Å². The molecule has 0 atom stereocenters. The van der Waals surface area contributed by atoms with Crippen LogP contribution in [-0.2, 0) is 30.8 Å². The Hall–Kier alpha value is -2.94. The summed E-state index contributed by atoms with van der Waals surface area (Å²) in [6.07, 6.45) is 0. The van der Waals surface area contributed by atoms with Crippen LogP contribution in [0.2, 0.25) is 0 Å². The molecule has 0 spiro atoms. The van der Waals surface area contributed by atoms with E-state index >= 15 is 0 Å². The minimum atomic E-state index is -0.472. The third kappa shape index (κ3) is 4.46. The fraction of sp³-hybridized carbons (Fsp3) is 0.381. The van der Waals surface area contributed by atoms with Crippen molar-refractivity contribution in [3.05, 3.63) is 62.6 Å². The van der Waals surface area contributed by atoms with Gasteiger partial charge in [0, 0.05) is 26.1 Å². The zero-order valence-corrected chi connectivity index (χ0v) is 18.5. The molecule has 3 rings (SSSR count). The molecular formula is C21H25N5O3S. The van der Waals surface area contributed by atoms with E-state index in [-0.39, 0.29) is 22.7 Å². The van der Waals surface area contributed by atoms with Crippen LogP contribution in [0.5, 0.6) is 0 Å². The van der Waals surface area contributed by atoms with E-state index in [2.05, 4.69) is 15.3 Å². The fourth-order valence-electron chi connectivity index (χ4n) is 2.85. The van der Waals surface area contributed by atoms with E-state index in [9.17, 15) is 14.4 Å². The molecule has 0 aliphatic heterocycles. The molecule has 0 aliphatic carbocycles. The lowest BCUT2D eigenvalue weighted by atomic mass is 9.96. The highest BCUT2D eigenvalue weighted by Crippen LogP contribution is 2.26. The number of carbonyl (C=O) groups is 1. The van der Waals surface area contributed by atoms with Gasteiger partial charge in [-0.05, 0) is 5.56 Å². The molecular weight excluding hydrogens is 402 g/mol. The van der Waals surface area contributed by atoms with Gasteiger partial charge in [0.15, 0.2) is 5.65 Å². The van der Waals surface area contributed by atoms with Crippen LogP contribution in [0, 0.1) is 0 Å². The Morgan fingerprint density at radius 3 is 2.37 bits per heavy atom. The van der Waals surface area contributed by atoms with Gasteiger partial charge in [-0.25, -0.2) is 14.8 Å². The number of aryl methyl sites for hydroxylation is 1. The van der Waals surface area contributed by atoms with Gasteiger partial charge in [-0.2, -0.15) is 0 Å². The number of fused-ring (bicyclic) bond motifs is 1. The van der Waals surface area contributed by atoms with Crippen molar-refractivity contribution in [2.75, 3.05) is 5.75 Å². The molecule has 1 amide bonds. The maximum atomic E-state index is 12.8. The van der Waals surface area contributed by atoms with Crippen LogP contribution in [0.15, 0.2) is 44.9 Å². The average Bonchev–Trinajstić information content (AvgIpc) is 2.72. The predicted molar refractivity (Wildman–Crippen MR) is 118 cm³/mol. The van der Waals surface area contributed by atoms with E-state index < -0.39 is 16.7 Å². The van der Waals surface area contributed by atoms with Crippen molar-refractivity contribution in [3.8, 4) is 0 Å². The van der Waals surface area contributed by atoms with E-state index in [1.165, 1.54) is 23.4 Å². The standard InChI is InChI=1S/C21H25N5O3S/c1-21(2,3)19-23-16-15(18(28)26(5)20(29)25(16)4)17(24-19)30-12-14(27)22-11-13-9-7-6-8-10-13/h6-10H,11-12H2,1-5H3,(H,22,27). The quantitative estimate of drug-likeness (QED) is 0.492. The van der Waals surface area contributed by atoms with Crippen molar-refractivity contribution in [1.29, 1.82) is 0 Å². The van der Waals surface area contributed by atoms with Crippen LogP contribution in [0.3, 0.4) is 0 Å². The van der Waals surface area contributed by atoms with Gasteiger partial charge in [0.1, 0.15) is 16.2 Å². The summed E-state index contributed by atoms with van der Waals surface area (Å²) in [7, 11) is 2.99. The maximum absolute atomic E-state index is 12.8. The summed E-state index contributed by atoms with van der Waals surface area (Å²) in [5, 5.41) is 3.51. The zero-order chi connectivity index (χ0) is 22.1. The van der Waals surface area contributed by atoms with Crippen LogP contribution in [0.4, 0.5) is 0 Å². The molecule has 1 N–H and O–H groups in total. The molecule has 1 aromatic carbocycles. The zero-order valence-electron chi connectivity index (χ0n) is 17.7. The Kier molecular flexibility index (Phi) is 6.12. The SMILES string of the molecule is Cn1c(=O)c2c(SCC(=O)NCc3ccccc3)nc(C(C)(C)C)nc2n(C)c1=O. The van der Waals surface area contributed by atoms with E-state index in [0.29, 0.717) is 17.4 Å². The first kappa shape index (κ1) is 21.8. The summed E-state index contributed by atoms with van der Waals surface area (Å²) in [6, 6.07) is 9.62. The number of hydrogen-bond acceptors (Lipinski definition) is 6. The normalized spacial score (nSPS) is 11.6.